The van der Waals surface area contributed by atoms with Gasteiger partial charge >= 0.3 is 0 Å². The number of rotatable bonds is 3. The summed E-state index contributed by atoms with van der Waals surface area (Å²) in [4.78, 5) is 7.69. The Balaban J connectivity index is 3.01. The van der Waals surface area contributed by atoms with Crippen LogP contribution in [0.1, 0.15) is 0 Å². The molecule has 0 aliphatic heterocycles. The molecule has 0 unspecified atom stereocenters. The molecule has 0 radical (unpaired) electrons. The van der Waals surface area contributed by atoms with Gasteiger partial charge in [0.2, 0.25) is 17.7 Å². The fourth-order valence-electron chi connectivity index (χ4n) is 0.719. The number of hydrogen-bond donors (Lipinski definition) is 1. The maximum Gasteiger partial charge on any atom is 0.242 e. The molecule has 1 aromatic heterocycles. The van der Waals surface area contributed by atoms with Gasteiger partial charge in [-0.3, -0.25) is 5.32 Å². The van der Waals surface area contributed by atoms with Gasteiger partial charge in [-0.25, -0.2) is 0 Å². The molecule has 1 N–H and O–H groups in total. The third-order valence-electron chi connectivity index (χ3n) is 1.27. The van der Waals surface area contributed by atoms with Crippen LogP contribution in [-0.2, 0) is 0 Å². The molecule has 6 heteroatoms. The maximum atomic E-state index is 8.32. The molecular formula is C7H8N4O2. The summed E-state index contributed by atoms with van der Waals surface area (Å²) in [6, 6.07) is 1.52. The summed E-state index contributed by atoms with van der Waals surface area (Å²) >= 11 is 0. The van der Waals surface area contributed by atoms with Crippen molar-refractivity contribution in [2.24, 2.45) is 0 Å². The smallest absolute Gasteiger partial charge is 0.242 e. The van der Waals surface area contributed by atoms with Crippen molar-refractivity contribution in [1.82, 2.24) is 9.97 Å². The normalized spacial score (nSPS) is 8.69. The van der Waals surface area contributed by atoms with E-state index in [2.05, 4.69) is 15.3 Å². The summed E-state index contributed by atoms with van der Waals surface area (Å²) in [5, 5.41) is 10.6. The Hall–Kier alpha value is -2.03. The molecule has 1 rings (SSSR count). The fourth-order valence-corrected chi connectivity index (χ4v) is 0.719. The Morgan fingerprint density at radius 2 is 1.85 bits per heavy atom. The second-order valence-corrected chi connectivity index (χ2v) is 2.01. The van der Waals surface area contributed by atoms with Crippen LogP contribution in [0.15, 0.2) is 6.07 Å². The predicted octanol–water partition coefficient (Wildman–Crippen LogP) is 0.387. The second-order valence-electron chi connectivity index (χ2n) is 2.01. The molecule has 0 aliphatic carbocycles. The van der Waals surface area contributed by atoms with Crippen molar-refractivity contribution < 1.29 is 9.47 Å². The monoisotopic (exact) mass is 180 g/mol. The third kappa shape index (κ3) is 2.20. The Bertz CT molecular complexity index is 312. The number of hydrogen-bond acceptors (Lipinski definition) is 6. The average Bonchev–Trinajstić information content (AvgIpc) is 2.17. The van der Waals surface area contributed by atoms with Gasteiger partial charge in [-0.2, -0.15) is 15.2 Å². The van der Waals surface area contributed by atoms with Gasteiger partial charge in [-0.1, -0.05) is 0 Å². The van der Waals surface area contributed by atoms with Gasteiger partial charge in [-0.15, -0.1) is 0 Å². The quantitative estimate of drug-likeness (QED) is 0.535. The van der Waals surface area contributed by atoms with Crippen molar-refractivity contribution in [2.75, 3.05) is 19.5 Å². The largest absolute Gasteiger partial charge is 0.481 e. The zero-order chi connectivity index (χ0) is 9.68. The van der Waals surface area contributed by atoms with Crippen molar-refractivity contribution in [2.45, 2.75) is 0 Å². The van der Waals surface area contributed by atoms with E-state index in [0.717, 1.165) is 0 Å². The van der Waals surface area contributed by atoms with E-state index in [-0.39, 0.29) is 5.95 Å². The summed E-state index contributed by atoms with van der Waals surface area (Å²) in [5.41, 5.74) is 0. The van der Waals surface area contributed by atoms with E-state index in [1.54, 1.807) is 6.19 Å². The number of anilines is 1. The standard InChI is InChI=1S/C7H8N4O2/c1-12-5-3-6(13-2)11-7(10-5)9-4-8/h3H,1-2H3,(H,9,10,11). The molecule has 0 fully saturated rings. The van der Waals surface area contributed by atoms with E-state index >= 15 is 0 Å². The van der Waals surface area contributed by atoms with Crippen molar-refractivity contribution in [3.05, 3.63) is 6.07 Å². The van der Waals surface area contributed by atoms with Crippen LogP contribution >= 0.6 is 0 Å². The molecule has 0 aliphatic rings. The van der Waals surface area contributed by atoms with E-state index in [1.807, 2.05) is 0 Å². The van der Waals surface area contributed by atoms with Gasteiger partial charge in [0.1, 0.15) is 0 Å². The zero-order valence-corrected chi connectivity index (χ0v) is 7.24. The maximum absolute atomic E-state index is 8.32. The first-order chi connectivity index (χ1) is 6.30. The third-order valence-corrected chi connectivity index (χ3v) is 1.27. The number of methoxy groups -OCH3 is 2. The number of ether oxygens (including phenoxy) is 2. The van der Waals surface area contributed by atoms with E-state index < -0.39 is 0 Å². The lowest BCUT2D eigenvalue weighted by molar-refractivity contribution is 0.373. The number of aromatic nitrogens is 2. The van der Waals surface area contributed by atoms with Gasteiger partial charge in [-0.05, 0) is 0 Å². The molecule has 68 valence electrons. The van der Waals surface area contributed by atoms with Crippen LogP contribution in [0.5, 0.6) is 11.8 Å². The summed E-state index contributed by atoms with van der Waals surface area (Å²) in [5.74, 6) is 0.827. The lowest BCUT2D eigenvalue weighted by atomic mass is 10.6. The summed E-state index contributed by atoms with van der Waals surface area (Å²) in [6.07, 6.45) is 1.70. The van der Waals surface area contributed by atoms with E-state index in [1.165, 1.54) is 20.3 Å². The Morgan fingerprint density at radius 1 is 1.31 bits per heavy atom. The minimum absolute atomic E-state index is 0.152. The van der Waals surface area contributed by atoms with Gasteiger partial charge < -0.3 is 9.47 Å². The predicted molar refractivity (Wildman–Crippen MR) is 44.4 cm³/mol. The SMILES string of the molecule is COc1cc(OC)nc(NC#N)n1. The fraction of sp³-hybridized carbons (Fsp3) is 0.286. The zero-order valence-electron chi connectivity index (χ0n) is 7.24. The van der Waals surface area contributed by atoms with Crippen molar-refractivity contribution in [3.63, 3.8) is 0 Å². The van der Waals surface area contributed by atoms with Gasteiger partial charge in [0, 0.05) is 0 Å². The van der Waals surface area contributed by atoms with Crippen LogP contribution < -0.4 is 14.8 Å². The molecule has 0 atom stereocenters. The highest BCUT2D eigenvalue weighted by molar-refractivity contribution is 5.36. The molecule has 6 nitrogen and oxygen atoms in total. The van der Waals surface area contributed by atoms with Crippen LogP contribution in [-0.4, -0.2) is 24.2 Å². The molecular weight excluding hydrogens is 172 g/mol. The van der Waals surface area contributed by atoms with Crippen LogP contribution in [0, 0.1) is 11.5 Å². The highest BCUT2D eigenvalue weighted by Crippen LogP contribution is 2.16. The minimum Gasteiger partial charge on any atom is -0.481 e. The summed E-state index contributed by atoms with van der Waals surface area (Å²) in [7, 11) is 2.94. The average molecular weight is 180 g/mol. The first kappa shape index (κ1) is 9.06. The molecule has 0 saturated heterocycles. The van der Waals surface area contributed by atoms with Gasteiger partial charge in [0.25, 0.3) is 0 Å². The highest BCUT2D eigenvalue weighted by atomic mass is 16.5. The Morgan fingerprint density at radius 3 is 2.23 bits per heavy atom. The van der Waals surface area contributed by atoms with Gasteiger partial charge in [0.05, 0.1) is 20.3 Å². The molecule has 0 bridgehead atoms. The topological polar surface area (TPSA) is 80.1 Å². The second kappa shape index (κ2) is 4.11. The highest BCUT2D eigenvalue weighted by Gasteiger charge is 2.03. The molecule has 0 amide bonds. The first-order valence-electron chi connectivity index (χ1n) is 3.42. The molecule has 1 heterocycles. The van der Waals surface area contributed by atoms with Gasteiger partial charge in [0.15, 0.2) is 6.19 Å². The van der Waals surface area contributed by atoms with E-state index in [4.69, 9.17) is 14.7 Å². The number of nitrogens with one attached hydrogen (secondary N) is 1. The molecule has 13 heavy (non-hydrogen) atoms. The van der Waals surface area contributed by atoms with Crippen LogP contribution in [0.2, 0.25) is 0 Å². The van der Waals surface area contributed by atoms with Crippen molar-refractivity contribution in [3.8, 4) is 18.0 Å². The van der Waals surface area contributed by atoms with Crippen molar-refractivity contribution >= 4 is 5.95 Å². The molecule has 1 aromatic rings. The summed E-state index contributed by atoms with van der Waals surface area (Å²) in [6.45, 7) is 0. The Labute approximate surface area is 75.1 Å². The van der Waals surface area contributed by atoms with E-state index in [0.29, 0.717) is 11.8 Å². The lowest BCUT2D eigenvalue weighted by Gasteiger charge is -2.03. The number of nitriles is 1. The molecule has 0 saturated carbocycles. The van der Waals surface area contributed by atoms with Crippen LogP contribution in [0.3, 0.4) is 0 Å². The summed E-state index contributed by atoms with van der Waals surface area (Å²) < 4.78 is 9.73. The van der Waals surface area contributed by atoms with Crippen molar-refractivity contribution in [1.29, 1.82) is 5.26 Å². The van der Waals surface area contributed by atoms with Crippen LogP contribution in [0.4, 0.5) is 5.95 Å². The molecule has 0 spiro atoms. The lowest BCUT2D eigenvalue weighted by Crippen LogP contribution is -1.99. The molecule has 0 aromatic carbocycles. The first-order valence-corrected chi connectivity index (χ1v) is 3.42. The van der Waals surface area contributed by atoms with Crippen LogP contribution in [0.25, 0.3) is 0 Å². The Kier molecular flexibility index (Phi) is 2.87. The van der Waals surface area contributed by atoms with E-state index in [9.17, 15) is 0 Å². The number of nitrogens with zero attached hydrogens (tertiary/aromatic N) is 3. The minimum atomic E-state index is 0.152.